The van der Waals surface area contributed by atoms with Crippen molar-refractivity contribution in [3.63, 3.8) is 0 Å². The third kappa shape index (κ3) is 6.65. The Morgan fingerprint density at radius 1 is 1.22 bits per heavy atom. The molecule has 1 aromatic heterocycles. The van der Waals surface area contributed by atoms with Crippen LogP contribution >= 0.6 is 11.6 Å². The molecule has 0 fully saturated rings. The lowest BCUT2D eigenvalue weighted by molar-refractivity contribution is 0.482. The van der Waals surface area contributed by atoms with Crippen LogP contribution in [0.15, 0.2) is 65.2 Å². The first kappa shape index (κ1) is 29.0. The van der Waals surface area contributed by atoms with E-state index < -0.39 is 0 Å². The molecule has 0 amide bonds. The third-order valence-electron chi connectivity index (χ3n) is 7.56. The van der Waals surface area contributed by atoms with Crippen LogP contribution in [0, 0.1) is 12.3 Å². The van der Waals surface area contributed by atoms with E-state index in [0.717, 1.165) is 90.4 Å². The summed E-state index contributed by atoms with van der Waals surface area (Å²) in [7, 11) is 0. The van der Waals surface area contributed by atoms with Crippen molar-refractivity contribution in [2.75, 3.05) is 0 Å². The molecular formula is C32H45ClN4. The summed E-state index contributed by atoms with van der Waals surface area (Å²) in [6.07, 6.45) is 11.7. The number of hydrogen-bond donors (Lipinski definition) is 1. The number of aromatic nitrogens is 2. The Bertz CT molecular complexity index is 1180. The minimum atomic E-state index is -0.178. The van der Waals surface area contributed by atoms with E-state index in [1.165, 1.54) is 11.4 Å². The largest absolute Gasteiger partial charge is 0.343 e. The summed E-state index contributed by atoms with van der Waals surface area (Å²) >= 11 is 6.45. The van der Waals surface area contributed by atoms with E-state index in [9.17, 15) is 0 Å². The van der Waals surface area contributed by atoms with Crippen molar-refractivity contribution >= 4 is 17.8 Å². The second-order valence-electron chi connectivity index (χ2n) is 10.8. The summed E-state index contributed by atoms with van der Waals surface area (Å²) in [4.78, 5) is 9.77. The molecule has 1 aliphatic heterocycles. The van der Waals surface area contributed by atoms with Crippen molar-refractivity contribution in [3.8, 4) is 11.3 Å². The average molecular weight is 521 g/mol. The highest BCUT2D eigenvalue weighted by Crippen LogP contribution is 2.45. The number of imidazole rings is 1. The molecule has 1 N–H and O–H groups in total. The number of hydrogen-bond acceptors (Lipinski definition) is 3. The normalized spacial score (nSPS) is 16.0. The molecule has 1 aromatic carbocycles. The summed E-state index contributed by atoms with van der Waals surface area (Å²) in [5.41, 5.74) is 6.33. The van der Waals surface area contributed by atoms with Crippen molar-refractivity contribution in [3.05, 3.63) is 76.6 Å². The van der Waals surface area contributed by atoms with Crippen LogP contribution in [0.1, 0.15) is 96.9 Å². The molecule has 5 heteroatoms. The average Bonchev–Trinajstić information content (AvgIpc) is 3.37. The van der Waals surface area contributed by atoms with E-state index >= 15 is 0 Å². The van der Waals surface area contributed by atoms with Crippen molar-refractivity contribution in [2.45, 2.75) is 99.0 Å². The van der Waals surface area contributed by atoms with Crippen LogP contribution in [0.3, 0.4) is 0 Å². The Morgan fingerprint density at radius 3 is 2.62 bits per heavy atom. The molecular weight excluding hydrogens is 476 g/mol. The van der Waals surface area contributed by atoms with Crippen molar-refractivity contribution in [1.29, 1.82) is 0 Å². The van der Waals surface area contributed by atoms with Gasteiger partial charge < -0.3 is 9.88 Å². The minimum Gasteiger partial charge on any atom is -0.343 e. The predicted molar refractivity (Wildman–Crippen MR) is 160 cm³/mol. The SMILES string of the molecule is C=C(CCCC(CCC)c1nc(-c2ccc(C)c(Cl)c2)cn1CCCC)C1=C(/N=C\C)NC(=C)C1(C)C. The second kappa shape index (κ2) is 12.8. The van der Waals surface area contributed by atoms with Crippen LogP contribution in [0.4, 0.5) is 0 Å². The maximum Gasteiger partial charge on any atom is 0.134 e. The van der Waals surface area contributed by atoms with Gasteiger partial charge in [0.2, 0.25) is 0 Å². The molecule has 37 heavy (non-hydrogen) atoms. The van der Waals surface area contributed by atoms with Crippen molar-refractivity contribution in [2.24, 2.45) is 10.4 Å². The fourth-order valence-electron chi connectivity index (χ4n) is 5.24. The number of benzene rings is 1. The lowest BCUT2D eigenvalue weighted by atomic mass is 9.79. The van der Waals surface area contributed by atoms with Crippen LogP contribution in [-0.2, 0) is 6.54 Å². The quantitative estimate of drug-likeness (QED) is 0.267. The van der Waals surface area contributed by atoms with Crippen molar-refractivity contribution < 1.29 is 0 Å². The molecule has 0 aliphatic carbocycles. The van der Waals surface area contributed by atoms with Gasteiger partial charge in [0.15, 0.2) is 0 Å². The first-order valence-electron chi connectivity index (χ1n) is 13.9. The number of nitrogens with zero attached hydrogens (tertiary/aromatic N) is 3. The lowest BCUT2D eigenvalue weighted by Crippen LogP contribution is -2.17. The van der Waals surface area contributed by atoms with E-state index in [-0.39, 0.29) is 5.41 Å². The number of unbranched alkanes of at least 4 members (excludes halogenated alkanes) is 1. The maximum atomic E-state index is 6.45. The Balaban J connectivity index is 1.82. The van der Waals surface area contributed by atoms with Crippen LogP contribution < -0.4 is 5.32 Å². The number of allylic oxidation sites excluding steroid dienone is 2. The minimum absolute atomic E-state index is 0.178. The zero-order chi connectivity index (χ0) is 27.2. The number of nitrogens with one attached hydrogen (secondary N) is 1. The van der Waals surface area contributed by atoms with Gasteiger partial charge in [-0.2, -0.15) is 0 Å². The highest BCUT2D eigenvalue weighted by atomic mass is 35.5. The first-order chi connectivity index (χ1) is 17.6. The van der Waals surface area contributed by atoms with Crippen molar-refractivity contribution in [1.82, 2.24) is 14.9 Å². The Kier molecular flexibility index (Phi) is 10.0. The van der Waals surface area contributed by atoms with E-state index in [1.807, 2.05) is 26.1 Å². The van der Waals surface area contributed by atoms with Gasteiger partial charge in [-0.05, 0) is 63.2 Å². The number of halogens is 1. The van der Waals surface area contributed by atoms with Crippen LogP contribution in [0.5, 0.6) is 0 Å². The van der Waals surface area contributed by atoms with E-state index in [4.69, 9.17) is 16.6 Å². The fourth-order valence-corrected chi connectivity index (χ4v) is 5.42. The lowest BCUT2D eigenvalue weighted by Gasteiger charge is -2.24. The van der Waals surface area contributed by atoms with Crippen LogP contribution in [0.2, 0.25) is 5.02 Å². The molecule has 1 unspecified atom stereocenters. The summed E-state index contributed by atoms with van der Waals surface area (Å²) in [6.45, 7) is 22.6. The summed E-state index contributed by atoms with van der Waals surface area (Å²) in [5, 5.41) is 4.17. The first-order valence-corrected chi connectivity index (χ1v) is 14.2. The molecule has 0 radical (unpaired) electrons. The molecule has 3 rings (SSSR count). The molecule has 1 aliphatic rings. The van der Waals surface area contributed by atoms with Gasteiger partial charge in [-0.1, -0.05) is 77.4 Å². The van der Waals surface area contributed by atoms with Gasteiger partial charge in [-0.25, -0.2) is 9.98 Å². The summed E-state index contributed by atoms with van der Waals surface area (Å²) < 4.78 is 2.40. The molecule has 4 nitrogen and oxygen atoms in total. The molecule has 2 aromatic rings. The van der Waals surface area contributed by atoms with Gasteiger partial charge in [0, 0.05) is 52.1 Å². The van der Waals surface area contributed by atoms with Crippen LogP contribution in [0.25, 0.3) is 11.3 Å². The number of rotatable bonds is 13. The van der Waals surface area contributed by atoms with Crippen LogP contribution in [-0.4, -0.2) is 15.8 Å². The monoisotopic (exact) mass is 520 g/mol. The molecule has 2 heterocycles. The molecule has 200 valence electrons. The molecule has 0 saturated carbocycles. The highest BCUT2D eigenvalue weighted by Gasteiger charge is 2.37. The standard InChI is InChI=1S/C32H45ClN4/c1-9-12-19-37-21-28(26-18-17-22(4)27(33)20-26)36-31(37)25(14-10-2)16-13-15-23(5)29-30(34-11-3)35-24(6)32(29,7)8/h11,17-18,20-21,25,35H,5-6,9-10,12-16,19H2,1-4,7-8H3/b34-11-. The maximum absolute atomic E-state index is 6.45. The summed E-state index contributed by atoms with van der Waals surface area (Å²) in [5.74, 6) is 2.51. The molecule has 0 spiro atoms. The van der Waals surface area contributed by atoms with Gasteiger partial charge in [0.1, 0.15) is 11.6 Å². The molecule has 0 saturated heterocycles. The fraction of sp³-hybridized carbons (Fsp3) is 0.500. The van der Waals surface area contributed by atoms with E-state index in [1.54, 1.807) is 0 Å². The van der Waals surface area contributed by atoms with Gasteiger partial charge in [0.05, 0.1) is 5.69 Å². The summed E-state index contributed by atoms with van der Waals surface area (Å²) in [6, 6.07) is 6.25. The predicted octanol–water partition coefficient (Wildman–Crippen LogP) is 9.37. The topological polar surface area (TPSA) is 42.2 Å². The zero-order valence-electron chi connectivity index (χ0n) is 23.8. The Hall–Kier alpha value is -2.59. The number of aryl methyl sites for hydroxylation is 2. The molecule has 1 atom stereocenters. The molecule has 0 bridgehead atoms. The van der Waals surface area contributed by atoms with Gasteiger partial charge in [-0.3, -0.25) is 0 Å². The Morgan fingerprint density at radius 2 is 1.97 bits per heavy atom. The Labute approximate surface area is 229 Å². The van der Waals surface area contributed by atoms with Gasteiger partial charge >= 0.3 is 0 Å². The number of aliphatic imine (C=N–C) groups is 1. The van der Waals surface area contributed by atoms with Gasteiger partial charge in [0.25, 0.3) is 0 Å². The second-order valence-corrected chi connectivity index (χ2v) is 11.2. The smallest absolute Gasteiger partial charge is 0.134 e. The third-order valence-corrected chi connectivity index (χ3v) is 7.97. The highest BCUT2D eigenvalue weighted by molar-refractivity contribution is 6.31. The van der Waals surface area contributed by atoms with E-state index in [0.29, 0.717) is 5.92 Å². The van der Waals surface area contributed by atoms with E-state index in [2.05, 4.69) is 74.1 Å². The zero-order valence-corrected chi connectivity index (χ0v) is 24.5. The van der Waals surface area contributed by atoms with Gasteiger partial charge in [-0.15, -0.1) is 0 Å².